The lowest BCUT2D eigenvalue weighted by Crippen LogP contribution is -2.34. The second-order valence-corrected chi connectivity index (χ2v) is 5.23. The van der Waals surface area contributed by atoms with E-state index in [1.807, 2.05) is 0 Å². The predicted octanol–water partition coefficient (Wildman–Crippen LogP) is 2.35. The maximum absolute atomic E-state index is 11.4. The molecule has 0 aromatic heterocycles. The normalized spacial score (nSPS) is 12.2. The van der Waals surface area contributed by atoms with Crippen molar-refractivity contribution in [3.8, 4) is 5.75 Å². The number of aromatic hydroxyl groups is 1. The Morgan fingerprint density at radius 1 is 1.53 bits per heavy atom. The molecule has 0 fully saturated rings. The number of hydrogen-bond acceptors (Lipinski definition) is 4. The van der Waals surface area contributed by atoms with E-state index in [2.05, 4.69) is 31.9 Å². The van der Waals surface area contributed by atoms with Gasteiger partial charge in [0.2, 0.25) is 0 Å². The summed E-state index contributed by atoms with van der Waals surface area (Å²) < 4.78 is 6.16. The molecule has 0 aliphatic heterocycles. The number of benzene rings is 1. The maximum atomic E-state index is 11.4. The summed E-state index contributed by atoms with van der Waals surface area (Å²) >= 11 is 6.52. The zero-order valence-electron chi connectivity index (χ0n) is 9.24. The number of phenolic OH excluding ortho intramolecular Hbond substituents is 1. The standard InChI is InChI=1S/C11H13Br2NO3/c1-2-17-11(16)9(14)4-6-3-7(12)5-8(13)10(6)15/h3,5,9,15H,2,4,14H2,1H3. The van der Waals surface area contributed by atoms with Gasteiger partial charge in [-0.3, -0.25) is 4.79 Å². The highest BCUT2D eigenvalue weighted by Crippen LogP contribution is 2.32. The first kappa shape index (κ1) is 14.5. The fourth-order valence-electron chi connectivity index (χ4n) is 1.34. The summed E-state index contributed by atoms with van der Waals surface area (Å²) in [5.41, 5.74) is 6.28. The van der Waals surface area contributed by atoms with Crippen LogP contribution < -0.4 is 5.73 Å². The van der Waals surface area contributed by atoms with Gasteiger partial charge in [0.1, 0.15) is 11.8 Å². The van der Waals surface area contributed by atoms with Crippen LogP contribution in [0, 0.1) is 0 Å². The number of halogens is 2. The Morgan fingerprint density at radius 2 is 2.18 bits per heavy atom. The summed E-state index contributed by atoms with van der Waals surface area (Å²) in [5, 5.41) is 9.81. The Hall–Kier alpha value is -0.590. The molecule has 6 heteroatoms. The molecule has 0 saturated heterocycles. The predicted molar refractivity (Wildman–Crippen MR) is 71.8 cm³/mol. The minimum atomic E-state index is -0.776. The quantitative estimate of drug-likeness (QED) is 0.802. The van der Waals surface area contributed by atoms with E-state index in [0.29, 0.717) is 16.6 Å². The van der Waals surface area contributed by atoms with Gasteiger partial charge in [0.25, 0.3) is 0 Å². The van der Waals surface area contributed by atoms with Crippen molar-refractivity contribution in [1.29, 1.82) is 0 Å². The molecule has 0 aliphatic carbocycles. The molecule has 0 radical (unpaired) electrons. The monoisotopic (exact) mass is 365 g/mol. The second kappa shape index (κ2) is 6.37. The summed E-state index contributed by atoms with van der Waals surface area (Å²) in [7, 11) is 0. The van der Waals surface area contributed by atoms with Gasteiger partial charge in [-0.2, -0.15) is 0 Å². The van der Waals surface area contributed by atoms with Crippen LogP contribution in [-0.2, 0) is 16.0 Å². The van der Waals surface area contributed by atoms with Gasteiger partial charge in [0.05, 0.1) is 11.1 Å². The second-order valence-electron chi connectivity index (χ2n) is 3.46. The summed E-state index contributed by atoms with van der Waals surface area (Å²) in [6.45, 7) is 2.01. The van der Waals surface area contributed by atoms with Crippen LogP contribution in [0.25, 0.3) is 0 Å². The SMILES string of the molecule is CCOC(=O)C(N)Cc1cc(Br)cc(Br)c1O. The van der Waals surface area contributed by atoms with Crippen LogP contribution in [0.15, 0.2) is 21.1 Å². The summed E-state index contributed by atoms with van der Waals surface area (Å²) in [5.74, 6) is -0.379. The van der Waals surface area contributed by atoms with Crippen LogP contribution in [0.2, 0.25) is 0 Å². The van der Waals surface area contributed by atoms with Crippen LogP contribution >= 0.6 is 31.9 Å². The van der Waals surface area contributed by atoms with Gasteiger partial charge >= 0.3 is 5.97 Å². The molecule has 0 spiro atoms. The third-order valence-corrected chi connectivity index (χ3v) is 3.20. The van der Waals surface area contributed by atoms with E-state index in [4.69, 9.17) is 10.5 Å². The van der Waals surface area contributed by atoms with Crippen molar-refractivity contribution in [2.75, 3.05) is 6.61 Å². The van der Waals surface area contributed by atoms with Gasteiger partial charge in [-0.05, 0) is 40.5 Å². The van der Waals surface area contributed by atoms with Crippen molar-refractivity contribution >= 4 is 37.8 Å². The first-order valence-corrected chi connectivity index (χ1v) is 6.63. The summed E-state index contributed by atoms with van der Waals surface area (Å²) in [6.07, 6.45) is 0.225. The van der Waals surface area contributed by atoms with Crippen molar-refractivity contribution < 1.29 is 14.6 Å². The molecule has 1 rings (SSSR count). The molecule has 0 saturated carbocycles. The molecule has 17 heavy (non-hydrogen) atoms. The van der Waals surface area contributed by atoms with Gasteiger partial charge in [0.15, 0.2) is 0 Å². The lowest BCUT2D eigenvalue weighted by atomic mass is 10.1. The van der Waals surface area contributed by atoms with Crippen molar-refractivity contribution in [3.05, 3.63) is 26.6 Å². The molecule has 0 bridgehead atoms. The van der Waals surface area contributed by atoms with E-state index in [1.54, 1.807) is 19.1 Å². The molecule has 94 valence electrons. The molecule has 1 aromatic rings. The van der Waals surface area contributed by atoms with E-state index in [9.17, 15) is 9.90 Å². The summed E-state index contributed by atoms with van der Waals surface area (Å²) in [6, 6.07) is 2.66. The number of carbonyl (C=O) groups is 1. The minimum absolute atomic E-state index is 0.0907. The number of rotatable bonds is 4. The molecule has 1 aromatic carbocycles. The highest BCUT2D eigenvalue weighted by atomic mass is 79.9. The van der Waals surface area contributed by atoms with Crippen LogP contribution in [0.1, 0.15) is 12.5 Å². The highest BCUT2D eigenvalue weighted by molar-refractivity contribution is 9.11. The van der Waals surface area contributed by atoms with Gasteiger partial charge in [-0.15, -0.1) is 0 Å². The topological polar surface area (TPSA) is 72.5 Å². The Balaban J connectivity index is 2.84. The van der Waals surface area contributed by atoms with Gasteiger partial charge in [-0.25, -0.2) is 0 Å². The van der Waals surface area contributed by atoms with Crippen molar-refractivity contribution in [2.45, 2.75) is 19.4 Å². The third kappa shape index (κ3) is 3.97. The first-order valence-electron chi connectivity index (χ1n) is 5.04. The summed E-state index contributed by atoms with van der Waals surface area (Å²) in [4.78, 5) is 11.4. The van der Waals surface area contributed by atoms with Crippen molar-refractivity contribution in [1.82, 2.24) is 0 Å². The smallest absolute Gasteiger partial charge is 0.323 e. The number of esters is 1. The average Bonchev–Trinajstić information content (AvgIpc) is 2.25. The lowest BCUT2D eigenvalue weighted by Gasteiger charge is -2.12. The molecule has 4 nitrogen and oxygen atoms in total. The molecule has 3 N–H and O–H groups in total. The minimum Gasteiger partial charge on any atom is -0.506 e. The zero-order valence-corrected chi connectivity index (χ0v) is 12.4. The van der Waals surface area contributed by atoms with Gasteiger partial charge in [-0.1, -0.05) is 15.9 Å². The number of phenols is 1. The van der Waals surface area contributed by atoms with Gasteiger partial charge in [0, 0.05) is 10.9 Å². The zero-order chi connectivity index (χ0) is 13.0. The largest absolute Gasteiger partial charge is 0.506 e. The molecule has 0 amide bonds. The number of hydrogen-bond donors (Lipinski definition) is 2. The molecule has 0 heterocycles. The van der Waals surface area contributed by atoms with E-state index >= 15 is 0 Å². The van der Waals surface area contributed by atoms with Crippen LogP contribution in [0.5, 0.6) is 5.75 Å². The third-order valence-electron chi connectivity index (χ3n) is 2.14. The van der Waals surface area contributed by atoms with E-state index in [1.165, 1.54) is 0 Å². The maximum Gasteiger partial charge on any atom is 0.323 e. The fourth-order valence-corrected chi connectivity index (χ4v) is 2.66. The van der Waals surface area contributed by atoms with Crippen LogP contribution in [0.4, 0.5) is 0 Å². The number of ether oxygens (including phenoxy) is 1. The number of nitrogens with two attached hydrogens (primary N) is 1. The molecule has 1 atom stereocenters. The van der Waals surface area contributed by atoms with Crippen molar-refractivity contribution in [3.63, 3.8) is 0 Å². The van der Waals surface area contributed by atoms with E-state index < -0.39 is 12.0 Å². The fraction of sp³-hybridized carbons (Fsp3) is 0.364. The lowest BCUT2D eigenvalue weighted by molar-refractivity contribution is -0.144. The first-order chi connectivity index (χ1) is 7.95. The Morgan fingerprint density at radius 3 is 2.76 bits per heavy atom. The Bertz CT molecular complexity index is 423. The molecule has 1 unspecified atom stereocenters. The molecule has 0 aliphatic rings. The number of carbonyl (C=O) groups excluding carboxylic acids is 1. The van der Waals surface area contributed by atoms with Crippen molar-refractivity contribution in [2.24, 2.45) is 5.73 Å². The average molecular weight is 367 g/mol. The molecular formula is C11H13Br2NO3. The van der Waals surface area contributed by atoms with E-state index in [0.717, 1.165) is 4.47 Å². The Kier molecular flexibility index (Phi) is 5.42. The van der Waals surface area contributed by atoms with E-state index in [-0.39, 0.29) is 12.2 Å². The van der Waals surface area contributed by atoms with Crippen LogP contribution in [-0.4, -0.2) is 23.7 Å². The van der Waals surface area contributed by atoms with Crippen LogP contribution in [0.3, 0.4) is 0 Å². The molecular weight excluding hydrogens is 354 g/mol. The highest BCUT2D eigenvalue weighted by Gasteiger charge is 2.18. The van der Waals surface area contributed by atoms with Gasteiger partial charge < -0.3 is 15.6 Å². The Labute approximate surface area is 116 Å².